The molecule has 0 radical (unpaired) electrons. The molecule has 0 aliphatic carbocycles. The highest BCUT2D eigenvalue weighted by atomic mass is 16.5. The lowest BCUT2D eigenvalue weighted by atomic mass is 10.1. The Morgan fingerprint density at radius 1 is 1.39 bits per heavy atom. The first-order chi connectivity index (χ1) is 11.0. The zero-order valence-corrected chi connectivity index (χ0v) is 14.3. The lowest BCUT2D eigenvalue weighted by molar-refractivity contribution is -0.122. The molecule has 1 aliphatic rings. The maximum Gasteiger partial charge on any atom is 0.234 e. The van der Waals surface area contributed by atoms with Gasteiger partial charge in [0, 0.05) is 12.6 Å². The van der Waals surface area contributed by atoms with Gasteiger partial charge in [0.25, 0.3) is 0 Å². The first-order valence-electron chi connectivity index (χ1n) is 8.41. The van der Waals surface area contributed by atoms with Crippen molar-refractivity contribution in [3.63, 3.8) is 0 Å². The van der Waals surface area contributed by atoms with Crippen LogP contribution >= 0.6 is 0 Å². The third kappa shape index (κ3) is 5.52. The van der Waals surface area contributed by atoms with Gasteiger partial charge in [0.15, 0.2) is 0 Å². The summed E-state index contributed by atoms with van der Waals surface area (Å²) in [6, 6.07) is 7.81. The Morgan fingerprint density at radius 2 is 2.09 bits per heavy atom. The number of nitrogens with one attached hydrogen (secondary N) is 1. The van der Waals surface area contributed by atoms with Crippen LogP contribution in [0.3, 0.4) is 0 Å². The third-order valence-electron chi connectivity index (χ3n) is 4.17. The van der Waals surface area contributed by atoms with E-state index in [-0.39, 0.29) is 18.6 Å². The zero-order valence-electron chi connectivity index (χ0n) is 14.3. The van der Waals surface area contributed by atoms with Crippen LogP contribution in [-0.4, -0.2) is 47.7 Å². The summed E-state index contributed by atoms with van der Waals surface area (Å²) >= 11 is 0. The lowest BCUT2D eigenvalue weighted by Crippen LogP contribution is -2.40. The molecule has 1 fully saturated rings. The highest BCUT2D eigenvalue weighted by Crippen LogP contribution is 2.19. The number of hydrogen-bond acceptors (Lipinski definition) is 4. The quantitative estimate of drug-likeness (QED) is 0.808. The number of amides is 1. The topological polar surface area (TPSA) is 61.8 Å². The van der Waals surface area contributed by atoms with Gasteiger partial charge in [0.2, 0.25) is 5.91 Å². The molecule has 0 bridgehead atoms. The second-order valence-electron chi connectivity index (χ2n) is 6.52. The van der Waals surface area contributed by atoms with Gasteiger partial charge in [0.1, 0.15) is 5.75 Å². The Bertz CT molecular complexity index is 501. The minimum atomic E-state index is -0.706. The number of aliphatic hydroxyl groups excluding tert-OH is 1. The van der Waals surface area contributed by atoms with E-state index < -0.39 is 6.10 Å². The average Bonchev–Trinajstić information content (AvgIpc) is 2.90. The monoisotopic (exact) mass is 320 g/mol. The third-order valence-corrected chi connectivity index (χ3v) is 4.17. The van der Waals surface area contributed by atoms with E-state index >= 15 is 0 Å². The fourth-order valence-electron chi connectivity index (χ4n) is 2.84. The molecule has 0 spiro atoms. The summed E-state index contributed by atoms with van der Waals surface area (Å²) in [6.07, 6.45) is 1.73. The van der Waals surface area contributed by atoms with E-state index in [1.165, 1.54) is 0 Å². The number of carbonyl (C=O) groups excluding carboxylic acids is 1. The number of aliphatic hydroxyl groups is 1. The summed E-state index contributed by atoms with van der Waals surface area (Å²) in [6.45, 7) is 7.71. The molecular weight excluding hydrogens is 292 g/mol. The van der Waals surface area contributed by atoms with Crippen molar-refractivity contribution in [2.75, 3.05) is 19.6 Å². The normalized spacial score (nSPS) is 19.8. The maximum absolute atomic E-state index is 12.0. The Balaban J connectivity index is 1.77. The van der Waals surface area contributed by atoms with Crippen LogP contribution < -0.4 is 10.1 Å². The first kappa shape index (κ1) is 17.8. The zero-order chi connectivity index (χ0) is 16.8. The highest BCUT2D eigenvalue weighted by Gasteiger charge is 2.22. The number of nitrogens with zero attached hydrogens (tertiary/aromatic N) is 1. The molecule has 1 heterocycles. The molecule has 1 aliphatic heterocycles. The van der Waals surface area contributed by atoms with E-state index in [9.17, 15) is 9.90 Å². The summed E-state index contributed by atoms with van der Waals surface area (Å²) in [5.41, 5.74) is 0.774. The van der Waals surface area contributed by atoms with E-state index in [4.69, 9.17) is 4.74 Å². The number of benzene rings is 1. The molecule has 1 aromatic carbocycles. The smallest absolute Gasteiger partial charge is 0.234 e. The fourth-order valence-corrected chi connectivity index (χ4v) is 2.84. The molecule has 5 nitrogen and oxygen atoms in total. The van der Waals surface area contributed by atoms with Crippen LogP contribution in [0.1, 0.15) is 45.3 Å². The Morgan fingerprint density at radius 3 is 2.65 bits per heavy atom. The van der Waals surface area contributed by atoms with Gasteiger partial charge in [-0.05, 0) is 57.9 Å². The molecular formula is C18H28N2O3. The number of carbonyl (C=O) groups is 1. The van der Waals surface area contributed by atoms with Gasteiger partial charge in [-0.3, -0.25) is 9.69 Å². The summed E-state index contributed by atoms with van der Waals surface area (Å²) in [7, 11) is 0. The van der Waals surface area contributed by atoms with Crippen LogP contribution in [0.2, 0.25) is 0 Å². The molecule has 2 rings (SSSR count). The van der Waals surface area contributed by atoms with E-state index in [1.54, 1.807) is 0 Å². The Labute approximate surface area is 138 Å². The van der Waals surface area contributed by atoms with Crippen LogP contribution in [0.5, 0.6) is 5.75 Å². The van der Waals surface area contributed by atoms with Crippen molar-refractivity contribution in [3.8, 4) is 5.75 Å². The Hall–Kier alpha value is -1.59. The predicted molar refractivity (Wildman–Crippen MR) is 90.4 cm³/mol. The minimum Gasteiger partial charge on any atom is -0.491 e. The van der Waals surface area contributed by atoms with Crippen LogP contribution in [0.15, 0.2) is 24.3 Å². The summed E-state index contributed by atoms with van der Waals surface area (Å²) in [4.78, 5) is 14.2. The van der Waals surface area contributed by atoms with Gasteiger partial charge in [-0.2, -0.15) is 0 Å². The highest BCUT2D eigenvalue weighted by molar-refractivity contribution is 5.78. The summed E-state index contributed by atoms with van der Waals surface area (Å²) in [5, 5.41) is 13.0. The van der Waals surface area contributed by atoms with Crippen molar-refractivity contribution >= 4 is 5.91 Å². The summed E-state index contributed by atoms with van der Waals surface area (Å²) < 4.78 is 5.57. The molecule has 0 unspecified atom stereocenters. The molecule has 2 N–H and O–H groups in total. The van der Waals surface area contributed by atoms with Gasteiger partial charge in [-0.25, -0.2) is 0 Å². The van der Waals surface area contributed by atoms with E-state index in [1.807, 2.05) is 38.1 Å². The fraction of sp³-hybridized carbons (Fsp3) is 0.611. The number of hydrogen-bond donors (Lipinski definition) is 2. The van der Waals surface area contributed by atoms with Gasteiger partial charge in [0.05, 0.1) is 18.8 Å². The second-order valence-corrected chi connectivity index (χ2v) is 6.52. The number of ether oxygens (including phenoxy) is 1. The van der Waals surface area contributed by atoms with Crippen molar-refractivity contribution in [1.29, 1.82) is 0 Å². The van der Waals surface area contributed by atoms with Crippen LogP contribution in [-0.2, 0) is 4.79 Å². The van der Waals surface area contributed by atoms with Crippen LogP contribution in [0.25, 0.3) is 0 Å². The average molecular weight is 320 g/mol. The van der Waals surface area contributed by atoms with Gasteiger partial charge in [-0.15, -0.1) is 0 Å². The molecule has 1 saturated heterocycles. The summed E-state index contributed by atoms with van der Waals surface area (Å²) in [5.74, 6) is 0.751. The lowest BCUT2D eigenvalue weighted by Gasteiger charge is -2.20. The Kier molecular flexibility index (Phi) is 6.42. The van der Waals surface area contributed by atoms with Crippen molar-refractivity contribution in [1.82, 2.24) is 10.2 Å². The minimum absolute atomic E-state index is 0.0300. The largest absolute Gasteiger partial charge is 0.491 e. The van der Waals surface area contributed by atoms with Crippen molar-refractivity contribution in [2.45, 2.75) is 51.9 Å². The number of likely N-dealkylation sites (tertiary alicyclic amines) is 1. The van der Waals surface area contributed by atoms with Crippen molar-refractivity contribution < 1.29 is 14.6 Å². The van der Waals surface area contributed by atoms with Crippen LogP contribution in [0.4, 0.5) is 0 Å². The molecule has 0 aromatic heterocycles. The molecule has 2 atom stereocenters. The molecule has 23 heavy (non-hydrogen) atoms. The molecule has 1 aromatic rings. The standard InChI is InChI=1S/C18H28N2O3/c1-13(2)23-16-8-6-15(7-9-16)17(21)11-19-18(22)12-20-10-4-5-14(20)3/h6-9,13-14,17,21H,4-5,10-12H2,1-3H3,(H,19,22)/t14-,17-/m1/s1. The van der Waals surface area contributed by atoms with E-state index in [0.717, 1.165) is 30.7 Å². The van der Waals surface area contributed by atoms with Gasteiger partial charge >= 0.3 is 0 Å². The van der Waals surface area contributed by atoms with Gasteiger partial charge in [-0.1, -0.05) is 12.1 Å². The molecule has 0 saturated carbocycles. The number of rotatable bonds is 7. The van der Waals surface area contributed by atoms with E-state index in [2.05, 4.69) is 17.1 Å². The maximum atomic E-state index is 12.0. The van der Waals surface area contributed by atoms with Crippen molar-refractivity contribution in [3.05, 3.63) is 29.8 Å². The van der Waals surface area contributed by atoms with Gasteiger partial charge < -0.3 is 15.2 Å². The molecule has 1 amide bonds. The first-order valence-corrected chi connectivity index (χ1v) is 8.41. The second kappa shape index (κ2) is 8.31. The molecule has 5 heteroatoms. The van der Waals surface area contributed by atoms with Crippen LogP contribution in [0, 0.1) is 0 Å². The predicted octanol–water partition coefficient (Wildman–Crippen LogP) is 2.11. The van der Waals surface area contributed by atoms with Crippen molar-refractivity contribution in [2.24, 2.45) is 0 Å². The molecule has 128 valence electrons. The SMILES string of the molecule is CC(C)Oc1ccc([C@H](O)CNC(=O)CN2CCC[C@H]2C)cc1. The van der Waals surface area contributed by atoms with E-state index in [0.29, 0.717) is 12.6 Å².